The van der Waals surface area contributed by atoms with Gasteiger partial charge in [0.15, 0.2) is 0 Å². The Morgan fingerprint density at radius 1 is 0.766 bits per heavy atom. The number of aryl methyl sites for hydroxylation is 2. The first kappa shape index (κ1) is 27.7. The molecule has 4 aromatic rings. The van der Waals surface area contributed by atoms with Gasteiger partial charge < -0.3 is 4.57 Å². The first-order valence-corrected chi connectivity index (χ1v) is 18.2. The monoisotopic (exact) mass is 609 g/mol. The number of hydrogen-bond donors (Lipinski definition) is 0. The van der Waals surface area contributed by atoms with Gasteiger partial charge >= 0.3 is 0 Å². The summed E-state index contributed by atoms with van der Waals surface area (Å²) in [6.45, 7) is 0. The molecule has 47 heavy (non-hydrogen) atoms. The zero-order chi connectivity index (χ0) is 31.0. The van der Waals surface area contributed by atoms with E-state index in [1.807, 2.05) is 0 Å². The Morgan fingerprint density at radius 3 is 2.53 bits per heavy atom. The molecule has 10 rings (SSSR count). The van der Waals surface area contributed by atoms with Gasteiger partial charge in [0.1, 0.15) is 0 Å². The molecule has 0 N–H and O–H groups in total. The minimum absolute atomic E-state index is 0.302. The summed E-state index contributed by atoms with van der Waals surface area (Å²) < 4.78 is 2.54. The molecule has 1 saturated carbocycles. The average Bonchev–Trinajstić information content (AvgIpc) is 3.79. The molecule has 1 nitrogen and oxygen atoms in total. The number of hydrogen-bond acceptors (Lipinski definition) is 0. The summed E-state index contributed by atoms with van der Waals surface area (Å²) >= 11 is 0. The molecule has 232 valence electrons. The van der Waals surface area contributed by atoms with Crippen molar-refractivity contribution in [3.63, 3.8) is 0 Å². The summed E-state index contributed by atoms with van der Waals surface area (Å²) in [4.78, 5) is 0. The minimum Gasteiger partial charge on any atom is -0.310 e. The SMILES string of the molecule is C1=CCC(C(C2=CC3CC3(c3ccc4c(c3)c3c(n4C4=CCCC=C4)C=CCC3)CC2)c2cc3ccccc3c3c2C=CCC3)C=C1. The van der Waals surface area contributed by atoms with Gasteiger partial charge in [-0.15, -0.1) is 0 Å². The lowest BCUT2D eigenvalue weighted by atomic mass is 9.70. The summed E-state index contributed by atoms with van der Waals surface area (Å²) in [7, 11) is 0. The Morgan fingerprint density at radius 2 is 1.66 bits per heavy atom. The van der Waals surface area contributed by atoms with Crippen LogP contribution in [0.25, 0.3) is 39.5 Å². The van der Waals surface area contributed by atoms with Crippen LogP contribution in [0.4, 0.5) is 0 Å². The van der Waals surface area contributed by atoms with Crippen molar-refractivity contribution in [3.05, 3.63) is 148 Å². The topological polar surface area (TPSA) is 4.93 Å². The summed E-state index contributed by atoms with van der Waals surface area (Å²) in [5, 5.41) is 4.35. The van der Waals surface area contributed by atoms with E-state index in [1.54, 1.807) is 27.8 Å². The Bertz CT molecular complexity index is 2170. The summed E-state index contributed by atoms with van der Waals surface area (Å²) in [5.41, 5.74) is 13.9. The van der Waals surface area contributed by atoms with Crippen molar-refractivity contribution in [3.8, 4) is 0 Å². The van der Waals surface area contributed by atoms with E-state index in [4.69, 9.17) is 0 Å². The lowest BCUT2D eigenvalue weighted by Gasteiger charge is -2.34. The maximum Gasteiger partial charge on any atom is 0.0537 e. The maximum absolute atomic E-state index is 2.76. The van der Waals surface area contributed by atoms with Crippen molar-refractivity contribution in [1.82, 2.24) is 4.57 Å². The second-order valence-electron chi connectivity index (χ2n) is 14.9. The highest BCUT2D eigenvalue weighted by Crippen LogP contribution is 2.63. The van der Waals surface area contributed by atoms with Crippen molar-refractivity contribution in [1.29, 1.82) is 0 Å². The largest absolute Gasteiger partial charge is 0.310 e. The molecule has 0 amide bonds. The van der Waals surface area contributed by atoms with Crippen LogP contribution in [0, 0.1) is 11.8 Å². The first-order valence-electron chi connectivity index (χ1n) is 18.2. The van der Waals surface area contributed by atoms with Gasteiger partial charge in [-0.25, -0.2) is 0 Å². The van der Waals surface area contributed by atoms with E-state index in [1.165, 1.54) is 57.9 Å². The second-order valence-corrected chi connectivity index (χ2v) is 14.9. The van der Waals surface area contributed by atoms with E-state index >= 15 is 0 Å². The highest BCUT2D eigenvalue weighted by atomic mass is 15.0. The lowest BCUT2D eigenvalue weighted by molar-refractivity contribution is 0.494. The van der Waals surface area contributed by atoms with Crippen LogP contribution < -0.4 is 0 Å². The smallest absolute Gasteiger partial charge is 0.0537 e. The predicted molar refractivity (Wildman–Crippen MR) is 199 cm³/mol. The van der Waals surface area contributed by atoms with Gasteiger partial charge in [0.2, 0.25) is 0 Å². The van der Waals surface area contributed by atoms with Gasteiger partial charge in [-0.2, -0.15) is 0 Å². The van der Waals surface area contributed by atoms with Gasteiger partial charge in [0, 0.05) is 28.1 Å². The molecule has 6 aliphatic rings. The van der Waals surface area contributed by atoms with Crippen LogP contribution in [-0.2, 0) is 18.3 Å². The molecule has 0 aliphatic heterocycles. The number of allylic oxidation sites excluding steroid dienone is 12. The zero-order valence-corrected chi connectivity index (χ0v) is 27.3. The fourth-order valence-corrected chi connectivity index (χ4v) is 10.0. The van der Waals surface area contributed by atoms with Gasteiger partial charge in [-0.1, -0.05) is 96.7 Å². The van der Waals surface area contributed by atoms with E-state index < -0.39 is 0 Å². The van der Waals surface area contributed by atoms with Crippen LogP contribution in [0.3, 0.4) is 0 Å². The number of fused-ring (bicyclic) bond motifs is 7. The van der Waals surface area contributed by atoms with E-state index in [0.29, 0.717) is 23.2 Å². The standard InChI is InChI=1S/C46H43N/c1-3-13-31(14-4-1)45(42-28-32-15-7-8-18-37(32)38-19-9-10-20-39(38)42)33-25-26-46(30-35(46)27-33)34-23-24-44-41(29-34)40-21-11-12-22-43(40)47(44)36-16-5-2-6-17-36/h1,3-5,7-8,10,12-13,15-18,20,22-24,27-29,31,35,45H,2,6,9,11,14,19,21,25-26,30H2. The normalized spacial score (nSPS) is 26.1. The number of rotatable bonds is 5. The fraction of sp³-hybridized carbons (Fsp3) is 0.304. The maximum atomic E-state index is 2.76. The average molecular weight is 610 g/mol. The lowest BCUT2D eigenvalue weighted by Crippen LogP contribution is -2.21. The van der Waals surface area contributed by atoms with Crippen LogP contribution in [0.5, 0.6) is 0 Å². The molecular formula is C46H43N. The molecule has 6 aliphatic carbocycles. The molecule has 4 unspecified atom stereocenters. The molecule has 0 saturated heterocycles. The number of aromatic nitrogens is 1. The molecule has 1 heteroatoms. The number of benzene rings is 3. The molecule has 3 aromatic carbocycles. The van der Waals surface area contributed by atoms with Crippen molar-refractivity contribution in [2.24, 2.45) is 11.8 Å². The van der Waals surface area contributed by atoms with Crippen molar-refractivity contribution >= 4 is 39.5 Å². The van der Waals surface area contributed by atoms with E-state index in [0.717, 1.165) is 44.9 Å². The van der Waals surface area contributed by atoms with Crippen molar-refractivity contribution in [2.75, 3.05) is 0 Å². The molecule has 1 aromatic heterocycles. The van der Waals surface area contributed by atoms with E-state index in [2.05, 4.69) is 126 Å². The molecule has 0 bridgehead atoms. The van der Waals surface area contributed by atoms with Crippen LogP contribution in [0.15, 0.2) is 115 Å². The summed E-state index contributed by atoms with van der Waals surface area (Å²) in [6, 6.07) is 19.2. The van der Waals surface area contributed by atoms with Crippen LogP contribution >= 0.6 is 0 Å². The van der Waals surface area contributed by atoms with Crippen LogP contribution in [0.1, 0.15) is 90.8 Å². The van der Waals surface area contributed by atoms with Crippen molar-refractivity contribution in [2.45, 2.75) is 75.5 Å². The third-order valence-corrected chi connectivity index (χ3v) is 12.4. The minimum atomic E-state index is 0.302. The highest BCUT2D eigenvalue weighted by molar-refractivity contribution is 5.94. The summed E-state index contributed by atoms with van der Waals surface area (Å²) in [6.07, 6.45) is 40.6. The first-order chi connectivity index (χ1) is 23.3. The molecule has 1 fully saturated rings. The fourth-order valence-electron chi connectivity index (χ4n) is 10.0. The third-order valence-electron chi connectivity index (χ3n) is 12.4. The van der Waals surface area contributed by atoms with Gasteiger partial charge in [-0.3, -0.25) is 0 Å². The van der Waals surface area contributed by atoms with Crippen LogP contribution in [0.2, 0.25) is 0 Å². The van der Waals surface area contributed by atoms with Gasteiger partial charge in [0.25, 0.3) is 0 Å². The summed E-state index contributed by atoms with van der Waals surface area (Å²) in [5.74, 6) is 1.59. The molecule has 0 spiro atoms. The molecule has 0 radical (unpaired) electrons. The Labute approximate surface area is 279 Å². The van der Waals surface area contributed by atoms with E-state index in [-0.39, 0.29) is 0 Å². The highest BCUT2D eigenvalue weighted by Gasteiger charge is 2.56. The van der Waals surface area contributed by atoms with Crippen molar-refractivity contribution < 1.29 is 0 Å². The zero-order valence-electron chi connectivity index (χ0n) is 27.3. The third kappa shape index (κ3) is 4.35. The van der Waals surface area contributed by atoms with Gasteiger partial charge in [-0.05, 0) is 145 Å². The molecule has 1 heterocycles. The number of nitrogens with zero attached hydrogens (tertiary/aromatic N) is 1. The Kier molecular flexibility index (Phi) is 6.40. The Balaban J connectivity index is 1.05. The molecular weight excluding hydrogens is 567 g/mol. The Hall–Kier alpha value is -4.36. The quantitative estimate of drug-likeness (QED) is 0.198. The second kappa shape index (κ2) is 10.8. The van der Waals surface area contributed by atoms with E-state index in [9.17, 15) is 0 Å². The van der Waals surface area contributed by atoms with Crippen LogP contribution in [-0.4, -0.2) is 4.57 Å². The molecule has 4 atom stereocenters. The predicted octanol–water partition coefficient (Wildman–Crippen LogP) is 11.8. The van der Waals surface area contributed by atoms with Gasteiger partial charge in [0.05, 0.1) is 5.52 Å².